The number of halogens is 3. The highest BCUT2D eigenvalue weighted by molar-refractivity contribution is 7.99. The van der Waals surface area contributed by atoms with Crippen molar-refractivity contribution in [2.45, 2.75) is 44.8 Å². The lowest BCUT2D eigenvalue weighted by molar-refractivity contribution is -0.113. The fraction of sp³-hybridized carbons (Fsp3) is 0.350. The minimum atomic E-state index is -0.214. The van der Waals surface area contributed by atoms with E-state index in [1.807, 2.05) is 0 Å². The van der Waals surface area contributed by atoms with E-state index in [2.05, 4.69) is 45.4 Å². The van der Waals surface area contributed by atoms with Gasteiger partial charge in [0.2, 0.25) is 5.91 Å². The summed E-state index contributed by atoms with van der Waals surface area (Å²) in [7, 11) is 0. The lowest BCUT2D eigenvalue weighted by Gasteiger charge is -2.10. The fourth-order valence-electron chi connectivity index (χ4n) is 2.84. The highest BCUT2D eigenvalue weighted by Crippen LogP contribution is 2.33. The summed E-state index contributed by atoms with van der Waals surface area (Å²) in [6.45, 7) is 5.06. The molecule has 0 saturated carbocycles. The molecule has 0 atom stereocenters. The van der Waals surface area contributed by atoms with E-state index in [0.29, 0.717) is 25.9 Å². The number of aryl methyl sites for hydroxylation is 1. The molecule has 1 amide bonds. The van der Waals surface area contributed by atoms with Gasteiger partial charge in [0.05, 0.1) is 26.5 Å². The van der Waals surface area contributed by atoms with Crippen LogP contribution >= 0.6 is 57.9 Å². The number of thioether (sulfide) groups is 1. The predicted molar refractivity (Wildman–Crippen MR) is 128 cm³/mol. The van der Waals surface area contributed by atoms with Crippen LogP contribution < -0.4 is 5.32 Å². The zero-order valence-corrected chi connectivity index (χ0v) is 20.4. The molecule has 2 heterocycles. The number of aromatic nitrogens is 3. The zero-order valence-electron chi connectivity index (χ0n) is 16.5. The molecule has 0 fully saturated rings. The second-order valence-corrected chi connectivity index (χ2v) is 9.75. The van der Waals surface area contributed by atoms with Crippen molar-refractivity contribution >= 4 is 69.5 Å². The topological polar surface area (TPSA) is 59.8 Å². The fourth-order valence-corrected chi connectivity index (χ4v) is 5.17. The smallest absolute Gasteiger partial charge is 0.234 e. The molecule has 1 N–H and O–H groups in total. The van der Waals surface area contributed by atoms with Crippen LogP contribution in [0.1, 0.15) is 31.6 Å². The van der Waals surface area contributed by atoms with Crippen LogP contribution in [0.5, 0.6) is 0 Å². The number of hydrogen-bond acceptors (Lipinski definition) is 5. The van der Waals surface area contributed by atoms with Gasteiger partial charge in [-0.2, -0.15) is 0 Å². The van der Waals surface area contributed by atoms with Gasteiger partial charge in [0.15, 0.2) is 11.0 Å². The first-order valence-electron chi connectivity index (χ1n) is 9.51. The first-order chi connectivity index (χ1) is 14.4. The van der Waals surface area contributed by atoms with Crippen LogP contribution in [0, 0.1) is 0 Å². The van der Waals surface area contributed by atoms with Crippen molar-refractivity contribution in [2.24, 2.45) is 0 Å². The summed E-state index contributed by atoms with van der Waals surface area (Å²) < 4.78 is 2.07. The molecule has 0 saturated heterocycles. The van der Waals surface area contributed by atoms with Gasteiger partial charge in [0.25, 0.3) is 0 Å². The van der Waals surface area contributed by atoms with Gasteiger partial charge in [0, 0.05) is 22.4 Å². The van der Waals surface area contributed by atoms with Gasteiger partial charge in [-0.15, -0.1) is 21.5 Å². The molecule has 1 aromatic carbocycles. The van der Waals surface area contributed by atoms with Gasteiger partial charge in [0.1, 0.15) is 0 Å². The van der Waals surface area contributed by atoms with Gasteiger partial charge in [-0.1, -0.05) is 66.8 Å². The Hall–Kier alpha value is -1.25. The Morgan fingerprint density at radius 2 is 1.87 bits per heavy atom. The van der Waals surface area contributed by atoms with E-state index in [1.165, 1.54) is 28.8 Å². The number of benzene rings is 1. The van der Waals surface area contributed by atoms with Crippen LogP contribution in [0.2, 0.25) is 15.1 Å². The summed E-state index contributed by atoms with van der Waals surface area (Å²) in [5.74, 6) is 0.794. The van der Waals surface area contributed by atoms with E-state index >= 15 is 0 Å². The van der Waals surface area contributed by atoms with E-state index in [4.69, 9.17) is 34.8 Å². The van der Waals surface area contributed by atoms with Gasteiger partial charge in [-0.3, -0.25) is 4.79 Å². The van der Waals surface area contributed by atoms with Crippen molar-refractivity contribution in [3.8, 4) is 11.4 Å². The molecule has 0 radical (unpaired) electrons. The largest absolute Gasteiger partial charge is 0.324 e. The normalized spacial score (nSPS) is 11.1. The van der Waals surface area contributed by atoms with Crippen LogP contribution in [0.15, 0.2) is 28.7 Å². The zero-order chi connectivity index (χ0) is 21.7. The molecule has 0 aliphatic heterocycles. The van der Waals surface area contributed by atoms with E-state index in [9.17, 15) is 4.79 Å². The van der Waals surface area contributed by atoms with E-state index < -0.39 is 0 Å². The standard InChI is InChI=1S/C20H21Cl3N4OS2/c1-3-5-13-7-12(10-29-13)19-25-26-20(27(19)6-4-2)30-11-18(28)24-17-9-15(22)14(21)8-16(17)23/h7-10H,3-6,11H2,1-2H3,(H,24,28). The maximum Gasteiger partial charge on any atom is 0.234 e. The molecule has 0 aliphatic rings. The molecule has 30 heavy (non-hydrogen) atoms. The molecule has 0 unspecified atom stereocenters. The third-order valence-corrected chi connectivity index (χ3v) is 7.19. The molecule has 0 aliphatic carbocycles. The van der Waals surface area contributed by atoms with Gasteiger partial charge >= 0.3 is 0 Å². The van der Waals surface area contributed by atoms with Crippen molar-refractivity contribution in [1.82, 2.24) is 14.8 Å². The average molecular weight is 504 g/mol. The number of anilines is 1. The maximum absolute atomic E-state index is 12.4. The SMILES string of the molecule is CCCc1cc(-c2nnc(SCC(=O)Nc3cc(Cl)c(Cl)cc3Cl)n2CCC)cs1. The van der Waals surface area contributed by atoms with Gasteiger partial charge in [-0.25, -0.2) is 0 Å². The number of amides is 1. The Morgan fingerprint density at radius 3 is 2.60 bits per heavy atom. The third kappa shape index (κ3) is 5.71. The second kappa shape index (κ2) is 10.9. The summed E-state index contributed by atoms with van der Waals surface area (Å²) in [4.78, 5) is 13.8. The summed E-state index contributed by atoms with van der Waals surface area (Å²) in [5.41, 5.74) is 1.50. The van der Waals surface area contributed by atoms with Crippen molar-refractivity contribution in [1.29, 1.82) is 0 Å². The molecule has 3 aromatic rings. The Kier molecular flexibility index (Phi) is 8.48. The van der Waals surface area contributed by atoms with Gasteiger partial charge in [-0.05, 0) is 31.0 Å². The van der Waals surface area contributed by atoms with E-state index in [-0.39, 0.29) is 11.7 Å². The predicted octanol–water partition coefficient (Wildman–Crippen LogP) is 7.06. The Labute approximate surface area is 199 Å². The second-order valence-electron chi connectivity index (χ2n) is 6.59. The minimum Gasteiger partial charge on any atom is -0.324 e. The number of carbonyl (C=O) groups is 1. The van der Waals surface area contributed by atoms with Crippen LogP contribution in [0.25, 0.3) is 11.4 Å². The molecule has 2 aromatic heterocycles. The molecule has 0 bridgehead atoms. The minimum absolute atomic E-state index is 0.170. The Bertz CT molecular complexity index is 1040. The van der Waals surface area contributed by atoms with Crippen LogP contribution in [-0.4, -0.2) is 26.4 Å². The lowest BCUT2D eigenvalue weighted by Crippen LogP contribution is -2.15. The van der Waals surface area contributed by atoms with Crippen LogP contribution in [0.4, 0.5) is 5.69 Å². The molecular weight excluding hydrogens is 483 g/mol. The summed E-state index contributed by atoms with van der Waals surface area (Å²) in [5, 5.41) is 15.3. The summed E-state index contributed by atoms with van der Waals surface area (Å²) in [6.07, 6.45) is 3.11. The number of carbonyl (C=O) groups excluding carboxylic acids is 1. The summed E-state index contributed by atoms with van der Waals surface area (Å²) in [6, 6.07) is 5.22. The number of nitrogens with one attached hydrogen (secondary N) is 1. The van der Waals surface area contributed by atoms with Crippen molar-refractivity contribution in [2.75, 3.05) is 11.1 Å². The number of rotatable bonds is 9. The molecule has 160 valence electrons. The monoisotopic (exact) mass is 502 g/mol. The molecular formula is C20H21Cl3N4OS2. The first-order valence-corrected chi connectivity index (χ1v) is 12.5. The highest BCUT2D eigenvalue weighted by atomic mass is 35.5. The number of thiophene rings is 1. The quantitative estimate of drug-likeness (QED) is 0.251. The highest BCUT2D eigenvalue weighted by Gasteiger charge is 2.17. The lowest BCUT2D eigenvalue weighted by atomic mass is 10.2. The van der Waals surface area contributed by atoms with Crippen LogP contribution in [-0.2, 0) is 17.8 Å². The molecule has 3 rings (SSSR count). The number of nitrogens with zero attached hydrogens (tertiary/aromatic N) is 3. The van der Waals surface area contributed by atoms with Crippen LogP contribution in [0.3, 0.4) is 0 Å². The van der Waals surface area contributed by atoms with E-state index in [1.54, 1.807) is 11.3 Å². The average Bonchev–Trinajstić information content (AvgIpc) is 3.32. The van der Waals surface area contributed by atoms with Gasteiger partial charge < -0.3 is 9.88 Å². The molecule has 5 nitrogen and oxygen atoms in total. The Balaban J connectivity index is 1.71. The first kappa shape index (κ1) is 23.4. The summed E-state index contributed by atoms with van der Waals surface area (Å²) >= 11 is 21.2. The Morgan fingerprint density at radius 1 is 1.10 bits per heavy atom. The molecule has 10 heteroatoms. The van der Waals surface area contributed by atoms with Crippen molar-refractivity contribution in [3.05, 3.63) is 43.5 Å². The van der Waals surface area contributed by atoms with Crippen molar-refractivity contribution in [3.63, 3.8) is 0 Å². The van der Waals surface area contributed by atoms with E-state index in [0.717, 1.165) is 37.2 Å². The third-order valence-electron chi connectivity index (χ3n) is 4.19. The van der Waals surface area contributed by atoms with Crippen molar-refractivity contribution < 1.29 is 4.79 Å². The number of hydrogen-bond donors (Lipinski definition) is 1. The molecule has 0 spiro atoms. The maximum atomic E-state index is 12.4.